The maximum absolute atomic E-state index is 12.7. The van der Waals surface area contributed by atoms with E-state index in [2.05, 4.69) is 22.2 Å². The molecule has 23 heavy (non-hydrogen) atoms. The molecule has 1 saturated heterocycles. The first-order chi connectivity index (χ1) is 11.1. The summed E-state index contributed by atoms with van der Waals surface area (Å²) in [5.74, 6) is 3.26. The van der Waals surface area contributed by atoms with Crippen LogP contribution in [-0.4, -0.2) is 62.0 Å². The zero-order valence-corrected chi connectivity index (χ0v) is 14.7. The average molecular weight is 319 g/mol. The molecule has 4 bridgehead atoms. The summed E-state index contributed by atoms with van der Waals surface area (Å²) in [7, 11) is 2.05. The van der Waals surface area contributed by atoms with Crippen LogP contribution in [-0.2, 0) is 4.79 Å². The maximum Gasteiger partial charge on any atom is 0.236 e. The van der Waals surface area contributed by atoms with Gasteiger partial charge in [0.2, 0.25) is 5.91 Å². The van der Waals surface area contributed by atoms with E-state index in [0.717, 1.165) is 56.9 Å². The van der Waals surface area contributed by atoms with Gasteiger partial charge >= 0.3 is 0 Å². The number of carbonyl (C=O) groups excluding carboxylic acids is 1. The number of likely N-dealkylation sites (N-methyl/N-ethyl adjacent to an activating group) is 1. The first-order valence-corrected chi connectivity index (χ1v) is 9.79. The molecule has 130 valence electrons. The highest BCUT2D eigenvalue weighted by Crippen LogP contribution is 2.60. The number of rotatable bonds is 4. The fourth-order valence-electron chi connectivity index (χ4n) is 6.45. The number of amides is 1. The molecule has 5 fully saturated rings. The molecule has 5 aliphatic rings. The van der Waals surface area contributed by atoms with Crippen molar-refractivity contribution in [2.75, 3.05) is 46.3 Å². The Morgan fingerprint density at radius 2 is 1.74 bits per heavy atom. The molecule has 0 atom stereocenters. The largest absolute Gasteiger partial charge is 0.344 e. The first kappa shape index (κ1) is 15.9. The first-order valence-electron chi connectivity index (χ1n) is 9.79. The van der Waals surface area contributed by atoms with Gasteiger partial charge in [-0.15, -0.1) is 0 Å². The van der Waals surface area contributed by atoms with Gasteiger partial charge < -0.3 is 10.2 Å². The molecule has 1 N–H and O–H groups in total. The number of nitrogens with one attached hydrogen (secondary N) is 1. The van der Waals surface area contributed by atoms with Crippen molar-refractivity contribution >= 4 is 5.91 Å². The smallest absolute Gasteiger partial charge is 0.236 e. The van der Waals surface area contributed by atoms with Crippen LogP contribution < -0.4 is 5.32 Å². The van der Waals surface area contributed by atoms with Crippen LogP contribution >= 0.6 is 0 Å². The Morgan fingerprint density at radius 3 is 2.39 bits per heavy atom. The third-order valence-corrected chi connectivity index (χ3v) is 6.95. The summed E-state index contributed by atoms with van der Waals surface area (Å²) in [6, 6.07) is 0. The molecule has 4 saturated carbocycles. The number of hydrogen-bond acceptors (Lipinski definition) is 3. The topological polar surface area (TPSA) is 35.6 Å². The van der Waals surface area contributed by atoms with Crippen LogP contribution in [0.4, 0.5) is 0 Å². The van der Waals surface area contributed by atoms with E-state index in [1.165, 1.54) is 38.5 Å². The van der Waals surface area contributed by atoms with Crippen molar-refractivity contribution in [1.82, 2.24) is 15.1 Å². The third kappa shape index (κ3) is 3.43. The van der Waals surface area contributed by atoms with E-state index >= 15 is 0 Å². The lowest BCUT2D eigenvalue weighted by Crippen LogP contribution is -2.52. The van der Waals surface area contributed by atoms with Crippen LogP contribution in [0.5, 0.6) is 0 Å². The second kappa shape index (κ2) is 6.36. The quantitative estimate of drug-likeness (QED) is 0.860. The van der Waals surface area contributed by atoms with Crippen molar-refractivity contribution in [2.45, 2.75) is 44.9 Å². The molecule has 0 unspecified atom stereocenters. The average Bonchev–Trinajstić information content (AvgIpc) is 2.73. The van der Waals surface area contributed by atoms with E-state index in [-0.39, 0.29) is 0 Å². The SMILES string of the molecule is CN(CC12CC3CC(CC(C3)C1)C2)C(=O)CN1CCCNCC1. The van der Waals surface area contributed by atoms with E-state index in [1.807, 2.05) is 0 Å². The zero-order valence-electron chi connectivity index (χ0n) is 14.7. The van der Waals surface area contributed by atoms with Crippen LogP contribution in [0.2, 0.25) is 0 Å². The Bertz CT molecular complexity index is 407. The fraction of sp³-hybridized carbons (Fsp3) is 0.947. The molecule has 0 aromatic heterocycles. The summed E-state index contributed by atoms with van der Waals surface area (Å²) in [6.07, 6.45) is 9.79. The highest BCUT2D eigenvalue weighted by Gasteiger charge is 2.51. The van der Waals surface area contributed by atoms with Crippen LogP contribution in [0.1, 0.15) is 44.9 Å². The lowest BCUT2D eigenvalue weighted by atomic mass is 9.49. The zero-order chi connectivity index (χ0) is 15.9. The molecule has 0 spiro atoms. The van der Waals surface area contributed by atoms with Crippen LogP contribution in [0.15, 0.2) is 0 Å². The molecule has 1 heterocycles. The van der Waals surface area contributed by atoms with Gasteiger partial charge in [0.15, 0.2) is 0 Å². The molecule has 4 nitrogen and oxygen atoms in total. The molecule has 4 heteroatoms. The Morgan fingerprint density at radius 1 is 1.09 bits per heavy atom. The monoisotopic (exact) mass is 319 g/mol. The number of carbonyl (C=O) groups is 1. The van der Waals surface area contributed by atoms with Crippen molar-refractivity contribution in [3.05, 3.63) is 0 Å². The van der Waals surface area contributed by atoms with Gasteiger partial charge in [-0.2, -0.15) is 0 Å². The van der Waals surface area contributed by atoms with Crippen LogP contribution in [0, 0.1) is 23.2 Å². The summed E-state index contributed by atoms with van der Waals surface area (Å²) in [5, 5.41) is 3.42. The van der Waals surface area contributed by atoms with E-state index in [1.54, 1.807) is 0 Å². The van der Waals surface area contributed by atoms with Gasteiger partial charge in [-0.3, -0.25) is 9.69 Å². The Hall–Kier alpha value is -0.610. The summed E-state index contributed by atoms with van der Waals surface area (Å²) in [6.45, 7) is 5.81. The summed E-state index contributed by atoms with van der Waals surface area (Å²) in [4.78, 5) is 17.1. The lowest BCUT2D eigenvalue weighted by molar-refractivity contribution is -0.136. The summed E-state index contributed by atoms with van der Waals surface area (Å²) >= 11 is 0. The van der Waals surface area contributed by atoms with Gasteiger partial charge in [0.25, 0.3) is 0 Å². The van der Waals surface area contributed by atoms with Crippen molar-refractivity contribution < 1.29 is 4.79 Å². The van der Waals surface area contributed by atoms with E-state index < -0.39 is 0 Å². The van der Waals surface area contributed by atoms with Gasteiger partial charge in [0.1, 0.15) is 0 Å². The normalized spacial score (nSPS) is 40.1. The fourth-order valence-corrected chi connectivity index (χ4v) is 6.45. The molecule has 5 rings (SSSR count). The van der Waals surface area contributed by atoms with Gasteiger partial charge in [-0.25, -0.2) is 0 Å². The molecule has 0 aromatic rings. The van der Waals surface area contributed by atoms with Crippen molar-refractivity contribution in [3.63, 3.8) is 0 Å². The Labute approximate surface area is 141 Å². The molecule has 1 amide bonds. The predicted molar refractivity (Wildman–Crippen MR) is 92.2 cm³/mol. The van der Waals surface area contributed by atoms with Gasteiger partial charge in [0, 0.05) is 26.7 Å². The molecule has 0 radical (unpaired) electrons. The molecule has 4 aliphatic carbocycles. The number of nitrogens with zero attached hydrogens (tertiary/aromatic N) is 2. The third-order valence-electron chi connectivity index (χ3n) is 6.95. The van der Waals surface area contributed by atoms with E-state index in [0.29, 0.717) is 17.9 Å². The van der Waals surface area contributed by atoms with Crippen LogP contribution in [0.25, 0.3) is 0 Å². The molecular formula is C19H33N3O. The van der Waals surface area contributed by atoms with Gasteiger partial charge in [-0.1, -0.05) is 0 Å². The summed E-state index contributed by atoms with van der Waals surface area (Å²) < 4.78 is 0. The summed E-state index contributed by atoms with van der Waals surface area (Å²) in [5.41, 5.74) is 0.472. The highest BCUT2D eigenvalue weighted by atomic mass is 16.2. The number of hydrogen-bond donors (Lipinski definition) is 1. The van der Waals surface area contributed by atoms with E-state index in [9.17, 15) is 4.79 Å². The van der Waals surface area contributed by atoms with Crippen LogP contribution in [0.3, 0.4) is 0 Å². The van der Waals surface area contributed by atoms with Gasteiger partial charge in [-0.05, 0) is 81.2 Å². The maximum atomic E-state index is 12.7. The lowest BCUT2D eigenvalue weighted by Gasteiger charge is -2.57. The minimum absolute atomic E-state index is 0.336. The van der Waals surface area contributed by atoms with Crippen molar-refractivity contribution in [3.8, 4) is 0 Å². The van der Waals surface area contributed by atoms with Crippen molar-refractivity contribution in [1.29, 1.82) is 0 Å². The molecule has 0 aromatic carbocycles. The Balaban J connectivity index is 1.34. The molecular weight excluding hydrogens is 286 g/mol. The minimum atomic E-state index is 0.336. The highest BCUT2D eigenvalue weighted by molar-refractivity contribution is 5.78. The standard InChI is InChI=1S/C19H33N3O/c1-21(18(23)13-22-5-2-3-20-4-6-22)14-19-10-15-7-16(11-19)9-17(8-15)12-19/h15-17,20H,2-14H2,1H3. The Kier molecular flexibility index (Phi) is 4.39. The minimum Gasteiger partial charge on any atom is -0.344 e. The second-order valence-electron chi connectivity index (χ2n) is 9.05. The molecule has 1 aliphatic heterocycles. The van der Waals surface area contributed by atoms with Gasteiger partial charge in [0.05, 0.1) is 6.54 Å². The van der Waals surface area contributed by atoms with E-state index in [4.69, 9.17) is 0 Å². The van der Waals surface area contributed by atoms with Crippen molar-refractivity contribution in [2.24, 2.45) is 23.2 Å². The predicted octanol–water partition coefficient (Wildman–Crippen LogP) is 1.96. The second-order valence-corrected chi connectivity index (χ2v) is 9.05.